The SMILES string of the molecule is Cc1ccc(CNC(=O)COC(=O)c2ccc3ccccc3n2)cc1. The molecule has 0 saturated carbocycles. The molecule has 0 atom stereocenters. The predicted octanol–water partition coefficient (Wildman–Crippen LogP) is 3.02. The molecule has 0 saturated heterocycles. The van der Waals surface area contributed by atoms with E-state index in [-0.39, 0.29) is 18.2 Å². The Labute approximate surface area is 145 Å². The molecule has 0 radical (unpaired) electrons. The second-order valence-electron chi connectivity index (χ2n) is 5.73. The van der Waals surface area contributed by atoms with Crippen LogP contribution in [0.4, 0.5) is 0 Å². The number of para-hydroxylation sites is 1. The van der Waals surface area contributed by atoms with Crippen LogP contribution >= 0.6 is 0 Å². The summed E-state index contributed by atoms with van der Waals surface area (Å²) in [5.74, 6) is -0.967. The quantitative estimate of drug-likeness (QED) is 0.728. The van der Waals surface area contributed by atoms with E-state index in [1.807, 2.05) is 55.5 Å². The van der Waals surface area contributed by atoms with Crippen LogP contribution in [-0.2, 0) is 16.1 Å². The molecule has 0 aliphatic rings. The zero-order chi connectivity index (χ0) is 17.6. The number of hydrogen-bond donors (Lipinski definition) is 1. The minimum atomic E-state index is -0.615. The summed E-state index contributed by atoms with van der Waals surface area (Å²) in [5.41, 5.74) is 3.04. The largest absolute Gasteiger partial charge is 0.451 e. The van der Waals surface area contributed by atoms with Crippen LogP contribution in [0, 0.1) is 6.92 Å². The molecule has 5 heteroatoms. The number of hydrogen-bond acceptors (Lipinski definition) is 4. The molecular weight excluding hydrogens is 316 g/mol. The molecule has 2 aromatic carbocycles. The van der Waals surface area contributed by atoms with E-state index >= 15 is 0 Å². The van der Waals surface area contributed by atoms with E-state index < -0.39 is 5.97 Å². The molecule has 25 heavy (non-hydrogen) atoms. The maximum atomic E-state index is 12.0. The summed E-state index contributed by atoms with van der Waals surface area (Å²) < 4.78 is 5.03. The van der Waals surface area contributed by atoms with Gasteiger partial charge in [-0.2, -0.15) is 0 Å². The lowest BCUT2D eigenvalue weighted by atomic mass is 10.1. The Morgan fingerprint density at radius 1 is 1.00 bits per heavy atom. The minimum absolute atomic E-state index is 0.185. The number of aryl methyl sites for hydroxylation is 1. The van der Waals surface area contributed by atoms with E-state index in [1.54, 1.807) is 12.1 Å². The molecule has 0 unspecified atom stereocenters. The lowest BCUT2D eigenvalue weighted by Gasteiger charge is -2.07. The normalized spacial score (nSPS) is 10.4. The van der Waals surface area contributed by atoms with Crippen LogP contribution in [-0.4, -0.2) is 23.5 Å². The van der Waals surface area contributed by atoms with Crippen molar-refractivity contribution in [1.82, 2.24) is 10.3 Å². The highest BCUT2D eigenvalue weighted by Crippen LogP contribution is 2.12. The van der Waals surface area contributed by atoms with Crippen LogP contribution in [0.1, 0.15) is 21.6 Å². The molecule has 3 rings (SSSR count). The molecule has 0 spiro atoms. The number of nitrogens with zero attached hydrogens (tertiary/aromatic N) is 1. The fourth-order valence-electron chi connectivity index (χ4n) is 2.34. The number of amides is 1. The van der Waals surface area contributed by atoms with E-state index in [0.717, 1.165) is 16.5 Å². The predicted molar refractivity (Wildman–Crippen MR) is 95.1 cm³/mol. The average molecular weight is 334 g/mol. The number of ether oxygens (including phenoxy) is 1. The number of fused-ring (bicyclic) bond motifs is 1. The summed E-state index contributed by atoms with van der Waals surface area (Å²) in [7, 11) is 0. The minimum Gasteiger partial charge on any atom is -0.451 e. The topological polar surface area (TPSA) is 68.3 Å². The summed E-state index contributed by atoms with van der Waals surface area (Å²) in [6.45, 7) is 2.06. The third kappa shape index (κ3) is 4.41. The number of rotatable bonds is 5. The number of pyridine rings is 1. The zero-order valence-corrected chi connectivity index (χ0v) is 13.9. The number of aromatic nitrogens is 1. The van der Waals surface area contributed by atoms with Crippen LogP contribution in [0.15, 0.2) is 60.7 Å². The summed E-state index contributed by atoms with van der Waals surface area (Å²) in [4.78, 5) is 28.1. The lowest BCUT2D eigenvalue weighted by molar-refractivity contribution is -0.124. The van der Waals surface area contributed by atoms with Gasteiger partial charge in [-0.3, -0.25) is 4.79 Å². The molecule has 1 amide bonds. The van der Waals surface area contributed by atoms with Crippen molar-refractivity contribution in [2.75, 3.05) is 6.61 Å². The van der Waals surface area contributed by atoms with Gasteiger partial charge >= 0.3 is 5.97 Å². The summed E-state index contributed by atoms with van der Waals surface area (Å²) in [6.07, 6.45) is 0. The number of benzene rings is 2. The molecule has 0 fully saturated rings. The number of carbonyl (C=O) groups is 2. The Balaban J connectivity index is 1.52. The standard InChI is InChI=1S/C20H18N2O3/c1-14-6-8-15(9-7-14)12-21-19(23)13-25-20(24)18-11-10-16-4-2-3-5-17(16)22-18/h2-11H,12-13H2,1H3,(H,21,23). The molecule has 0 bridgehead atoms. The van der Waals surface area contributed by atoms with Gasteiger partial charge in [-0.05, 0) is 24.6 Å². The van der Waals surface area contributed by atoms with Crippen molar-refractivity contribution in [3.63, 3.8) is 0 Å². The molecular formula is C20H18N2O3. The average Bonchev–Trinajstić information content (AvgIpc) is 2.65. The number of nitrogens with one attached hydrogen (secondary N) is 1. The molecule has 3 aromatic rings. The Hall–Kier alpha value is -3.21. The molecule has 5 nitrogen and oxygen atoms in total. The van der Waals surface area contributed by atoms with Crippen molar-refractivity contribution in [3.8, 4) is 0 Å². The van der Waals surface area contributed by atoms with Crippen molar-refractivity contribution in [1.29, 1.82) is 0 Å². The van der Waals surface area contributed by atoms with E-state index in [2.05, 4.69) is 10.3 Å². The van der Waals surface area contributed by atoms with Crippen molar-refractivity contribution in [3.05, 3.63) is 77.5 Å². The van der Waals surface area contributed by atoms with E-state index in [4.69, 9.17) is 4.74 Å². The Morgan fingerprint density at radius 3 is 2.56 bits per heavy atom. The van der Waals surface area contributed by atoms with E-state index in [9.17, 15) is 9.59 Å². The van der Waals surface area contributed by atoms with Crippen molar-refractivity contribution < 1.29 is 14.3 Å². The summed E-state index contributed by atoms with van der Waals surface area (Å²) >= 11 is 0. The molecule has 1 aromatic heterocycles. The van der Waals surface area contributed by atoms with Gasteiger partial charge in [0.2, 0.25) is 0 Å². The Kier molecular flexibility index (Phi) is 5.04. The van der Waals surface area contributed by atoms with Crippen molar-refractivity contribution in [2.24, 2.45) is 0 Å². The van der Waals surface area contributed by atoms with Gasteiger partial charge in [0.25, 0.3) is 5.91 Å². The molecule has 126 valence electrons. The Morgan fingerprint density at radius 2 is 1.76 bits per heavy atom. The van der Waals surface area contributed by atoms with E-state index in [1.165, 1.54) is 0 Å². The Bertz CT molecular complexity index is 904. The second-order valence-corrected chi connectivity index (χ2v) is 5.73. The maximum absolute atomic E-state index is 12.0. The first kappa shape index (κ1) is 16.6. The second kappa shape index (κ2) is 7.57. The van der Waals surface area contributed by atoms with Gasteiger partial charge in [-0.25, -0.2) is 9.78 Å². The first-order valence-electron chi connectivity index (χ1n) is 7.97. The van der Waals surface area contributed by atoms with Gasteiger partial charge in [-0.1, -0.05) is 54.1 Å². The van der Waals surface area contributed by atoms with Gasteiger partial charge in [0.05, 0.1) is 5.52 Å². The molecule has 1 N–H and O–H groups in total. The van der Waals surface area contributed by atoms with Crippen LogP contribution in [0.3, 0.4) is 0 Å². The molecule has 0 aliphatic carbocycles. The third-order valence-corrected chi connectivity index (χ3v) is 3.75. The lowest BCUT2D eigenvalue weighted by Crippen LogP contribution is -2.28. The van der Waals surface area contributed by atoms with Crippen LogP contribution in [0.25, 0.3) is 10.9 Å². The summed E-state index contributed by atoms with van der Waals surface area (Å²) in [5, 5.41) is 3.66. The fourth-order valence-corrected chi connectivity index (χ4v) is 2.34. The number of esters is 1. The highest BCUT2D eigenvalue weighted by atomic mass is 16.5. The van der Waals surface area contributed by atoms with Gasteiger partial charge in [0.1, 0.15) is 5.69 Å². The van der Waals surface area contributed by atoms with E-state index in [0.29, 0.717) is 12.1 Å². The maximum Gasteiger partial charge on any atom is 0.357 e. The van der Waals surface area contributed by atoms with Gasteiger partial charge in [0.15, 0.2) is 6.61 Å². The monoisotopic (exact) mass is 334 g/mol. The smallest absolute Gasteiger partial charge is 0.357 e. The van der Waals surface area contributed by atoms with Gasteiger partial charge in [0, 0.05) is 11.9 Å². The fraction of sp³-hybridized carbons (Fsp3) is 0.150. The van der Waals surface area contributed by atoms with Crippen molar-refractivity contribution in [2.45, 2.75) is 13.5 Å². The van der Waals surface area contributed by atoms with Crippen molar-refractivity contribution >= 4 is 22.8 Å². The van der Waals surface area contributed by atoms with Gasteiger partial charge in [-0.15, -0.1) is 0 Å². The molecule has 0 aliphatic heterocycles. The first-order chi connectivity index (χ1) is 12.1. The number of carbonyl (C=O) groups excluding carboxylic acids is 2. The first-order valence-corrected chi connectivity index (χ1v) is 7.97. The van der Waals surface area contributed by atoms with Crippen LogP contribution in [0.2, 0.25) is 0 Å². The third-order valence-electron chi connectivity index (χ3n) is 3.75. The highest BCUT2D eigenvalue weighted by molar-refractivity contribution is 5.92. The molecule has 1 heterocycles. The van der Waals surface area contributed by atoms with Crippen LogP contribution < -0.4 is 5.32 Å². The summed E-state index contributed by atoms with van der Waals surface area (Å²) in [6, 6.07) is 18.7. The van der Waals surface area contributed by atoms with Crippen LogP contribution in [0.5, 0.6) is 0 Å². The highest BCUT2D eigenvalue weighted by Gasteiger charge is 2.12. The zero-order valence-electron chi connectivity index (χ0n) is 13.9. The van der Waals surface area contributed by atoms with Gasteiger partial charge < -0.3 is 10.1 Å².